The normalized spacial score (nSPS) is 11.1. The van der Waals surface area contributed by atoms with E-state index in [1.807, 2.05) is 98.8 Å². The lowest BCUT2D eigenvalue weighted by molar-refractivity contribution is -0.117. The summed E-state index contributed by atoms with van der Waals surface area (Å²) < 4.78 is 13.1. The van der Waals surface area contributed by atoms with Crippen molar-refractivity contribution in [3.8, 4) is 23.3 Å². The van der Waals surface area contributed by atoms with E-state index < -0.39 is 5.91 Å². The number of hydrogen-bond acceptors (Lipinski definition) is 4. The molecule has 4 rings (SSSR count). The molecule has 0 aliphatic heterocycles. The van der Waals surface area contributed by atoms with Gasteiger partial charge in [-0.15, -0.1) is 0 Å². The molecule has 0 radical (unpaired) electrons. The van der Waals surface area contributed by atoms with Crippen molar-refractivity contribution >= 4 is 23.6 Å². The minimum atomic E-state index is -0.423. The average Bonchev–Trinajstić information content (AvgIpc) is 3.22. The molecule has 7 heteroatoms. The Bertz CT molecular complexity index is 1500. The fraction of sp³-hybridized carbons (Fsp3) is 0.161. The van der Waals surface area contributed by atoms with E-state index in [0.717, 1.165) is 45.3 Å². The minimum Gasteiger partial charge on any atom is -0.497 e. The molecule has 1 amide bonds. The molecule has 0 aliphatic rings. The maximum Gasteiger partial charge on any atom is 0.262 e. The number of amides is 1. The second-order valence-corrected chi connectivity index (χ2v) is 9.14. The van der Waals surface area contributed by atoms with Crippen molar-refractivity contribution in [3.63, 3.8) is 0 Å². The van der Waals surface area contributed by atoms with Gasteiger partial charge in [0.1, 0.15) is 29.7 Å². The van der Waals surface area contributed by atoms with Crippen LogP contribution in [0.1, 0.15) is 28.1 Å². The van der Waals surface area contributed by atoms with E-state index in [2.05, 4.69) is 9.88 Å². The lowest BCUT2D eigenvalue weighted by atomic mass is 10.1. The van der Waals surface area contributed by atoms with Crippen molar-refractivity contribution < 1.29 is 14.3 Å². The number of methoxy groups -OCH3 is 1. The number of nitriles is 1. The molecular formula is C31H28ClN3O3. The van der Waals surface area contributed by atoms with Crippen LogP contribution in [0.5, 0.6) is 11.5 Å². The van der Waals surface area contributed by atoms with Crippen molar-refractivity contribution in [1.82, 2.24) is 9.88 Å². The van der Waals surface area contributed by atoms with Crippen LogP contribution in [-0.2, 0) is 17.9 Å². The lowest BCUT2D eigenvalue weighted by Crippen LogP contribution is -2.23. The molecule has 1 heterocycles. The Morgan fingerprint density at radius 2 is 1.71 bits per heavy atom. The number of hydrogen-bond donors (Lipinski definition) is 1. The lowest BCUT2D eigenvalue weighted by Gasteiger charge is -2.12. The van der Waals surface area contributed by atoms with E-state index in [4.69, 9.17) is 21.1 Å². The summed E-state index contributed by atoms with van der Waals surface area (Å²) in [5.74, 6) is 1.05. The fourth-order valence-electron chi connectivity index (χ4n) is 4.12. The van der Waals surface area contributed by atoms with Gasteiger partial charge in [0.15, 0.2) is 0 Å². The van der Waals surface area contributed by atoms with Gasteiger partial charge < -0.3 is 19.4 Å². The summed E-state index contributed by atoms with van der Waals surface area (Å²) in [6.45, 7) is 4.64. The molecule has 1 N–H and O–H groups in total. The number of rotatable bonds is 9. The number of benzene rings is 3. The first-order chi connectivity index (χ1) is 18.4. The minimum absolute atomic E-state index is 0.0436. The first-order valence-corrected chi connectivity index (χ1v) is 12.5. The molecule has 4 aromatic rings. The summed E-state index contributed by atoms with van der Waals surface area (Å²) in [4.78, 5) is 12.7. The molecule has 0 unspecified atom stereocenters. The van der Waals surface area contributed by atoms with Crippen LogP contribution in [0.4, 0.5) is 0 Å². The van der Waals surface area contributed by atoms with Gasteiger partial charge in [0.25, 0.3) is 5.91 Å². The van der Waals surface area contributed by atoms with Crippen LogP contribution in [0, 0.1) is 25.2 Å². The molecule has 0 aliphatic carbocycles. The van der Waals surface area contributed by atoms with Gasteiger partial charge in [-0.1, -0.05) is 41.9 Å². The highest BCUT2D eigenvalue weighted by molar-refractivity contribution is 6.31. The molecule has 38 heavy (non-hydrogen) atoms. The Kier molecular flexibility index (Phi) is 8.52. The van der Waals surface area contributed by atoms with Gasteiger partial charge in [-0.2, -0.15) is 5.26 Å². The number of nitrogens with zero attached hydrogens (tertiary/aromatic N) is 2. The smallest absolute Gasteiger partial charge is 0.262 e. The van der Waals surface area contributed by atoms with Gasteiger partial charge in [0, 0.05) is 34.2 Å². The van der Waals surface area contributed by atoms with E-state index >= 15 is 0 Å². The number of carbonyl (C=O) groups is 1. The van der Waals surface area contributed by atoms with Crippen molar-refractivity contribution in [1.29, 1.82) is 5.26 Å². The Labute approximate surface area is 227 Å². The quantitative estimate of drug-likeness (QED) is 0.198. The third-order valence-electron chi connectivity index (χ3n) is 6.19. The van der Waals surface area contributed by atoms with Crippen LogP contribution in [0.2, 0.25) is 5.02 Å². The molecule has 0 spiro atoms. The van der Waals surface area contributed by atoms with Crippen molar-refractivity contribution in [2.75, 3.05) is 7.11 Å². The molecule has 0 saturated heterocycles. The predicted octanol–water partition coefficient (Wildman–Crippen LogP) is 6.56. The standard InChI is InChI=1S/C31H28ClN3O3/c1-21-16-25(17-26(18-33)31(36)34-19-23-8-12-28(37-3)13-9-23)22(2)35(21)27-10-14-29(15-11-27)38-20-24-6-4-5-7-30(24)32/h4-17H,19-20H2,1-3H3,(H,34,36). The highest BCUT2D eigenvalue weighted by Gasteiger charge is 2.14. The van der Waals surface area contributed by atoms with Crippen LogP contribution in [0.3, 0.4) is 0 Å². The number of aromatic nitrogens is 1. The summed E-state index contributed by atoms with van der Waals surface area (Å²) in [6, 6.07) is 26.8. The zero-order chi connectivity index (χ0) is 27.1. The van der Waals surface area contributed by atoms with E-state index in [-0.39, 0.29) is 5.57 Å². The number of nitrogens with one attached hydrogen (secondary N) is 1. The molecular weight excluding hydrogens is 498 g/mol. The summed E-state index contributed by atoms with van der Waals surface area (Å²) in [5, 5.41) is 13.2. The highest BCUT2D eigenvalue weighted by atomic mass is 35.5. The Hall–Kier alpha value is -4.47. The van der Waals surface area contributed by atoms with Crippen LogP contribution in [-0.4, -0.2) is 17.6 Å². The fourth-order valence-corrected chi connectivity index (χ4v) is 4.31. The zero-order valence-corrected chi connectivity index (χ0v) is 22.3. The average molecular weight is 526 g/mol. The number of ether oxygens (including phenoxy) is 2. The molecule has 3 aromatic carbocycles. The number of aryl methyl sites for hydroxylation is 1. The highest BCUT2D eigenvalue weighted by Crippen LogP contribution is 2.25. The molecule has 192 valence electrons. The Morgan fingerprint density at radius 1 is 1.03 bits per heavy atom. The molecule has 1 aromatic heterocycles. The molecule has 6 nitrogen and oxygen atoms in total. The van der Waals surface area contributed by atoms with E-state index in [1.165, 1.54) is 0 Å². The monoisotopic (exact) mass is 525 g/mol. The van der Waals surface area contributed by atoms with Crippen LogP contribution >= 0.6 is 11.6 Å². The van der Waals surface area contributed by atoms with Crippen LogP contribution in [0.15, 0.2) is 84.4 Å². The summed E-state index contributed by atoms with van der Waals surface area (Å²) in [6.07, 6.45) is 1.63. The number of halogens is 1. The van der Waals surface area contributed by atoms with Gasteiger partial charge in [0.05, 0.1) is 7.11 Å². The van der Waals surface area contributed by atoms with E-state index in [1.54, 1.807) is 13.2 Å². The van der Waals surface area contributed by atoms with Crippen LogP contribution in [0.25, 0.3) is 11.8 Å². The van der Waals surface area contributed by atoms with E-state index in [9.17, 15) is 10.1 Å². The molecule has 0 fully saturated rings. The summed E-state index contributed by atoms with van der Waals surface area (Å²) in [7, 11) is 1.60. The maximum atomic E-state index is 12.7. The SMILES string of the molecule is COc1ccc(CNC(=O)C(C#N)=Cc2cc(C)n(-c3ccc(OCc4ccccc4Cl)cc3)c2C)cc1. The topological polar surface area (TPSA) is 76.3 Å². The molecule has 0 bridgehead atoms. The third kappa shape index (κ3) is 6.26. The third-order valence-corrected chi connectivity index (χ3v) is 6.56. The van der Waals surface area contributed by atoms with Crippen LogP contribution < -0.4 is 14.8 Å². The van der Waals surface area contributed by atoms with Gasteiger partial charge in [-0.25, -0.2) is 0 Å². The summed E-state index contributed by atoms with van der Waals surface area (Å²) >= 11 is 6.22. The second kappa shape index (κ2) is 12.2. The van der Waals surface area contributed by atoms with E-state index in [0.29, 0.717) is 18.2 Å². The van der Waals surface area contributed by atoms with Crippen molar-refractivity contribution in [2.24, 2.45) is 0 Å². The van der Waals surface area contributed by atoms with Gasteiger partial charge >= 0.3 is 0 Å². The largest absolute Gasteiger partial charge is 0.497 e. The zero-order valence-electron chi connectivity index (χ0n) is 21.5. The van der Waals surface area contributed by atoms with Gasteiger partial charge in [-0.3, -0.25) is 4.79 Å². The van der Waals surface area contributed by atoms with Crippen molar-refractivity contribution in [3.05, 3.63) is 118 Å². The molecule has 0 atom stereocenters. The molecule has 0 saturated carbocycles. The Balaban J connectivity index is 1.46. The van der Waals surface area contributed by atoms with Gasteiger partial charge in [-0.05, 0) is 79.6 Å². The second-order valence-electron chi connectivity index (χ2n) is 8.74. The first-order valence-electron chi connectivity index (χ1n) is 12.1. The summed E-state index contributed by atoms with van der Waals surface area (Å²) in [5.41, 5.74) is 5.53. The number of carbonyl (C=O) groups excluding carboxylic acids is 1. The Morgan fingerprint density at radius 3 is 2.37 bits per heavy atom. The van der Waals surface area contributed by atoms with Gasteiger partial charge in [0.2, 0.25) is 0 Å². The first kappa shape index (κ1) is 26.6. The predicted molar refractivity (Wildman–Crippen MR) is 149 cm³/mol. The van der Waals surface area contributed by atoms with Crippen molar-refractivity contribution in [2.45, 2.75) is 27.0 Å². The maximum absolute atomic E-state index is 12.7.